The Labute approximate surface area is 204 Å². The molecule has 0 spiro atoms. The highest BCUT2D eigenvalue weighted by Crippen LogP contribution is 2.23. The van der Waals surface area contributed by atoms with Gasteiger partial charge in [0.1, 0.15) is 11.4 Å². The fraction of sp³-hybridized carbons (Fsp3) is 0.440. The van der Waals surface area contributed by atoms with Crippen molar-refractivity contribution in [3.63, 3.8) is 0 Å². The number of aromatic carboxylic acids is 1. The summed E-state index contributed by atoms with van der Waals surface area (Å²) in [5.41, 5.74) is 8.44. The first-order valence-corrected chi connectivity index (χ1v) is 12.1. The van der Waals surface area contributed by atoms with Crippen molar-refractivity contribution in [3.8, 4) is 0 Å². The first-order chi connectivity index (χ1) is 16.9. The van der Waals surface area contributed by atoms with Crippen LogP contribution in [0.15, 0.2) is 36.4 Å². The fourth-order valence-corrected chi connectivity index (χ4v) is 4.30. The van der Waals surface area contributed by atoms with Crippen LogP contribution in [0.25, 0.3) is 11.0 Å². The second-order valence-electron chi connectivity index (χ2n) is 9.01. The fourth-order valence-electron chi connectivity index (χ4n) is 4.30. The van der Waals surface area contributed by atoms with Crippen LogP contribution in [0.3, 0.4) is 0 Å². The average Bonchev–Trinajstić information content (AvgIpc) is 3.19. The monoisotopic (exact) mass is 479 g/mol. The first-order valence-electron chi connectivity index (χ1n) is 12.1. The molecule has 1 fully saturated rings. The summed E-state index contributed by atoms with van der Waals surface area (Å²) in [5.74, 6) is -1.25. The Morgan fingerprint density at radius 2 is 1.80 bits per heavy atom. The number of likely N-dealkylation sites (N-methyl/N-ethyl adjacent to an activating group) is 1. The van der Waals surface area contributed by atoms with E-state index in [2.05, 4.69) is 45.3 Å². The number of nitrogens with one attached hydrogen (secondary N) is 1. The van der Waals surface area contributed by atoms with E-state index in [0.29, 0.717) is 19.0 Å². The van der Waals surface area contributed by atoms with E-state index in [1.54, 1.807) is 0 Å². The van der Waals surface area contributed by atoms with Crippen LogP contribution >= 0.6 is 0 Å². The van der Waals surface area contributed by atoms with Crippen molar-refractivity contribution in [2.24, 2.45) is 5.73 Å². The molecular weight excluding hydrogens is 446 g/mol. The van der Waals surface area contributed by atoms with Gasteiger partial charge in [0.15, 0.2) is 0 Å². The van der Waals surface area contributed by atoms with Gasteiger partial charge in [0.25, 0.3) is 5.91 Å². The Bertz CT molecular complexity index is 1190. The number of fused-ring (bicyclic) bond motifs is 1. The number of carboxylic acid groups (broad SMARTS) is 1. The zero-order valence-electron chi connectivity index (χ0n) is 20.1. The number of amides is 1. The molecule has 10 heteroatoms. The van der Waals surface area contributed by atoms with Crippen molar-refractivity contribution >= 4 is 28.9 Å². The largest absolute Gasteiger partial charge is 0.477 e. The SMILES string of the molecule is CN1CCN(Cc2ccc3c(c2)nc(NC(=O)c2cccc(C(=O)O)n2)n3CCCCCN)CC1. The minimum absolute atomic E-state index is 0.0300. The molecule has 1 amide bonds. The Balaban J connectivity index is 1.57. The molecule has 4 rings (SSSR count). The number of unbranched alkanes of at least 4 members (excludes halogenated alkanes) is 2. The zero-order chi connectivity index (χ0) is 24.8. The lowest BCUT2D eigenvalue weighted by atomic mass is 10.1. The summed E-state index contributed by atoms with van der Waals surface area (Å²) >= 11 is 0. The maximum absolute atomic E-state index is 12.9. The molecule has 3 heterocycles. The Kier molecular flexibility index (Phi) is 8.06. The molecule has 0 bridgehead atoms. The van der Waals surface area contributed by atoms with Crippen LogP contribution in [-0.4, -0.2) is 81.1 Å². The van der Waals surface area contributed by atoms with E-state index >= 15 is 0 Å². The summed E-state index contributed by atoms with van der Waals surface area (Å²) in [5, 5.41) is 12.0. The second kappa shape index (κ2) is 11.4. The van der Waals surface area contributed by atoms with Gasteiger partial charge >= 0.3 is 5.97 Å². The van der Waals surface area contributed by atoms with E-state index in [-0.39, 0.29) is 11.4 Å². The molecule has 10 nitrogen and oxygen atoms in total. The van der Waals surface area contributed by atoms with Crippen molar-refractivity contribution in [1.29, 1.82) is 0 Å². The first kappa shape index (κ1) is 24.8. The molecule has 0 saturated carbocycles. The number of piperazine rings is 1. The number of hydrogen-bond acceptors (Lipinski definition) is 7. The summed E-state index contributed by atoms with van der Waals surface area (Å²) in [6.07, 6.45) is 2.82. The lowest BCUT2D eigenvalue weighted by Gasteiger charge is -2.32. The molecule has 186 valence electrons. The Morgan fingerprint density at radius 3 is 2.54 bits per heavy atom. The summed E-state index contributed by atoms with van der Waals surface area (Å²) < 4.78 is 2.00. The highest BCUT2D eigenvalue weighted by molar-refractivity contribution is 6.03. The van der Waals surface area contributed by atoms with E-state index in [0.717, 1.165) is 63.0 Å². The number of aryl methyl sites for hydroxylation is 1. The summed E-state index contributed by atoms with van der Waals surface area (Å²) in [6.45, 7) is 6.39. The van der Waals surface area contributed by atoms with Gasteiger partial charge in [0.2, 0.25) is 5.95 Å². The molecule has 1 aromatic carbocycles. The standard InChI is InChI=1S/C25H33N7O3/c1-30-12-14-31(15-13-30)17-18-8-9-22-21(16-18)28-25(32(22)11-4-2-3-10-26)29-23(33)19-6-5-7-20(27-19)24(34)35/h5-9,16H,2-4,10-15,17,26H2,1H3,(H,34,35)(H,28,29,33). The maximum Gasteiger partial charge on any atom is 0.354 e. The molecule has 1 saturated heterocycles. The minimum Gasteiger partial charge on any atom is -0.477 e. The van der Waals surface area contributed by atoms with Gasteiger partial charge in [0.05, 0.1) is 11.0 Å². The van der Waals surface area contributed by atoms with Crippen LogP contribution in [0.2, 0.25) is 0 Å². The minimum atomic E-state index is -1.18. The average molecular weight is 480 g/mol. The highest BCUT2D eigenvalue weighted by Gasteiger charge is 2.18. The quantitative estimate of drug-likeness (QED) is 0.378. The molecule has 1 aliphatic heterocycles. The van der Waals surface area contributed by atoms with Crippen LogP contribution in [-0.2, 0) is 13.1 Å². The van der Waals surface area contributed by atoms with Crippen molar-refractivity contribution in [3.05, 3.63) is 53.3 Å². The molecule has 0 unspecified atom stereocenters. The van der Waals surface area contributed by atoms with Crippen LogP contribution in [0.4, 0.5) is 5.95 Å². The normalized spacial score (nSPS) is 14.9. The van der Waals surface area contributed by atoms with E-state index in [1.165, 1.54) is 23.8 Å². The van der Waals surface area contributed by atoms with Gasteiger partial charge in [-0.05, 0) is 56.3 Å². The van der Waals surface area contributed by atoms with Gasteiger partial charge in [0, 0.05) is 39.3 Å². The number of carbonyl (C=O) groups is 2. The zero-order valence-corrected chi connectivity index (χ0v) is 20.1. The number of hydrogen-bond donors (Lipinski definition) is 3. The number of imidazole rings is 1. The summed E-state index contributed by atoms with van der Waals surface area (Å²) in [7, 11) is 2.15. The predicted octanol–water partition coefficient (Wildman–Crippen LogP) is 2.26. The number of anilines is 1. The third-order valence-electron chi connectivity index (χ3n) is 6.33. The van der Waals surface area contributed by atoms with Gasteiger partial charge < -0.3 is 20.3 Å². The molecule has 35 heavy (non-hydrogen) atoms. The second-order valence-corrected chi connectivity index (χ2v) is 9.01. The van der Waals surface area contributed by atoms with Crippen molar-refractivity contribution in [2.45, 2.75) is 32.4 Å². The van der Waals surface area contributed by atoms with E-state index in [1.807, 2.05) is 4.57 Å². The molecule has 4 N–H and O–H groups in total. The van der Waals surface area contributed by atoms with E-state index < -0.39 is 11.9 Å². The third kappa shape index (κ3) is 6.21. The smallest absolute Gasteiger partial charge is 0.354 e. The maximum atomic E-state index is 12.9. The number of nitrogens with zero attached hydrogens (tertiary/aromatic N) is 5. The van der Waals surface area contributed by atoms with Gasteiger partial charge in [-0.15, -0.1) is 0 Å². The Hall–Kier alpha value is -3.34. The topological polar surface area (TPSA) is 130 Å². The molecule has 0 radical (unpaired) electrons. The summed E-state index contributed by atoms with van der Waals surface area (Å²) in [6, 6.07) is 10.6. The van der Waals surface area contributed by atoms with Gasteiger partial charge in [-0.2, -0.15) is 0 Å². The van der Waals surface area contributed by atoms with Crippen LogP contribution in [0.5, 0.6) is 0 Å². The number of benzene rings is 1. The number of carboxylic acids is 1. The Morgan fingerprint density at radius 1 is 1.03 bits per heavy atom. The number of pyridine rings is 1. The molecule has 3 aromatic rings. The lowest BCUT2D eigenvalue weighted by molar-refractivity contribution is 0.0690. The van der Waals surface area contributed by atoms with Gasteiger partial charge in [-0.3, -0.25) is 15.0 Å². The number of nitrogens with two attached hydrogens (primary N) is 1. The number of aromatic nitrogens is 3. The molecule has 2 aromatic heterocycles. The molecular formula is C25H33N7O3. The van der Waals surface area contributed by atoms with Crippen LogP contribution in [0, 0.1) is 0 Å². The molecule has 0 atom stereocenters. The van der Waals surface area contributed by atoms with Crippen molar-refractivity contribution in [2.75, 3.05) is 45.1 Å². The van der Waals surface area contributed by atoms with E-state index in [9.17, 15) is 14.7 Å². The van der Waals surface area contributed by atoms with Gasteiger partial charge in [-0.25, -0.2) is 14.8 Å². The van der Waals surface area contributed by atoms with E-state index in [4.69, 9.17) is 10.7 Å². The summed E-state index contributed by atoms with van der Waals surface area (Å²) in [4.78, 5) is 37.6. The lowest BCUT2D eigenvalue weighted by Crippen LogP contribution is -2.43. The van der Waals surface area contributed by atoms with Gasteiger partial charge in [-0.1, -0.05) is 18.6 Å². The number of carbonyl (C=O) groups excluding carboxylic acids is 1. The van der Waals surface area contributed by atoms with Crippen LogP contribution < -0.4 is 11.1 Å². The molecule has 1 aliphatic rings. The van der Waals surface area contributed by atoms with Crippen LogP contribution in [0.1, 0.15) is 45.8 Å². The number of rotatable bonds is 10. The highest BCUT2D eigenvalue weighted by atomic mass is 16.4. The third-order valence-corrected chi connectivity index (χ3v) is 6.33. The van der Waals surface area contributed by atoms with Crippen molar-refractivity contribution in [1.82, 2.24) is 24.3 Å². The van der Waals surface area contributed by atoms with Crippen molar-refractivity contribution < 1.29 is 14.7 Å². The predicted molar refractivity (Wildman–Crippen MR) is 135 cm³/mol. The molecule has 0 aliphatic carbocycles.